The number of aryl methyl sites for hydroxylation is 1. The Morgan fingerprint density at radius 3 is 3.09 bits per heavy atom. The molecule has 0 spiro atoms. The molecule has 1 atom stereocenters. The van der Waals surface area contributed by atoms with Crippen LogP contribution in [0.2, 0.25) is 0 Å². The number of fused-ring (bicyclic) bond motifs is 1. The molecule has 0 unspecified atom stereocenters. The summed E-state index contributed by atoms with van der Waals surface area (Å²) >= 11 is 0. The number of para-hydroxylation sites is 1. The molecular formula is C16H18N6O. The highest BCUT2D eigenvalue weighted by atomic mass is 16.2. The van der Waals surface area contributed by atoms with Gasteiger partial charge in [0.25, 0.3) is 0 Å². The van der Waals surface area contributed by atoms with Crippen LogP contribution in [-0.4, -0.2) is 48.9 Å². The van der Waals surface area contributed by atoms with E-state index in [-0.39, 0.29) is 12.5 Å². The Balaban J connectivity index is 1.46. The van der Waals surface area contributed by atoms with Crippen molar-refractivity contribution in [2.24, 2.45) is 0 Å². The number of hydrogen-bond acceptors (Lipinski definition) is 4. The van der Waals surface area contributed by atoms with Crippen molar-refractivity contribution in [3.63, 3.8) is 0 Å². The predicted octanol–water partition coefficient (Wildman–Crippen LogP) is 1.48. The second kappa shape index (κ2) is 5.49. The van der Waals surface area contributed by atoms with E-state index < -0.39 is 0 Å². The topological polar surface area (TPSA) is 79.7 Å². The van der Waals surface area contributed by atoms with Gasteiger partial charge in [-0.1, -0.05) is 17.3 Å². The van der Waals surface area contributed by atoms with Crippen molar-refractivity contribution >= 4 is 16.9 Å². The number of benzene rings is 1. The standard InChI is InChI=1S/C16H18N6O/c1-11-8-17-16(18-11)12-6-7-21(9-12)15(23)10-22-14-5-3-2-4-13(14)19-20-22/h2-5,8,12H,6-7,9-10H2,1H3,(H,17,18)/t12-/m1/s1. The molecule has 1 N–H and O–H groups in total. The van der Waals surface area contributed by atoms with E-state index in [9.17, 15) is 4.79 Å². The van der Waals surface area contributed by atoms with E-state index in [1.165, 1.54) is 0 Å². The molecular weight excluding hydrogens is 292 g/mol. The Morgan fingerprint density at radius 1 is 1.39 bits per heavy atom. The Bertz CT molecular complexity index is 851. The zero-order chi connectivity index (χ0) is 15.8. The minimum atomic E-state index is 0.0754. The Hall–Kier alpha value is -2.70. The van der Waals surface area contributed by atoms with Crippen molar-refractivity contribution in [2.75, 3.05) is 13.1 Å². The van der Waals surface area contributed by atoms with E-state index >= 15 is 0 Å². The van der Waals surface area contributed by atoms with Gasteiger partial charge in [-0.3, -0.25) is 4.79 Å². The number of nitrogens with one attached hydrogen (secondary N) is 1. The number of aromatic nitrogens is 5. The van der Waals surface area contributed by atoms with E-state index in [0.717, 1.165) is 35.5 Å². The van der Waals surface area contributed by atoms with Crippen LogP contribution in [0.5, 0.6) is 0 Å². The Morgan fingerprint density at radius 2 is 2.26 bits per heavy atom. The van der Waals surface area contributed by atoms with Gasteiger partial charge in [0.05, 0.1) is 5.52 Å². The van der Waals surface area contributed by atoms with Gasteiger partial charge in [-0.25, -0.2) is 9.67 Å². The molecule has 0 radical (unpaired) electrons. The smallest absolute Gasteiger partial charge is 0.244 e. The molecule has 3 heterocycles. The van der Waals surface area contributed by atoms with E-state index in [4.69, 9.17) is 0 Å². The normalized spacial score (nSPS) is 18.0. The first-order valence-electron chi connectivity index (χ1n) is 7.78. The maximum atomic E-state index is 12.5. The molecule has 1 aliphatic rings. The average molecular weight is 310 g/mol. The highest BCUT2D eigenvalue weighted by Crippen LogP contribution is 2.25. The molecule has 23 heavy (non-hydrogen) atoms. The van der Waals surface area contributed by atoms with Crippen molar-refractivity contribution in [1.29, 1.82) is 0 Å². The molecule has 1 aromatic carbocycles. The lowest BCUT2D eigenvalue weighted by Gasteiger charge is -2.16. The third-order valence-corrected chi connectivity index (χ3v) is 4.36. The SMILES string of the molecule is Cc1cnc([C@@H]2CCN(C(=O)Cn3nnc4ccccc43)C2)[nH]1. The zero-order valence-electron chi connectivity index (χ0n) is 12.9. The molecule has 4 rings (SSSR count). The van der Waals surface area contributed by atoms with Crippen molar-refractivity contribution < 1.29 is 4.79 Å². The fourth-order valence-electron chi connectivity index (χ4n) is 3.11. The molecule has 0 saturated carbocycles. The maximum absolute atomic E-state index is 12.5. The van der Waals surface area contributed by atoms with Crippen LogP contribution < -0.4 is 0 Å². The van der Waals surface area contributed by atoms with Crippen LogP contribution in [0.25, 0.3) is 11.0 Å². The molecule has 1 fully saturated rings. The fourth-order valence-corrected chi connectivity index (χ4v) is 3.11. The quantitative estimate of drug-likeness (QED) is 0.794. The summed E-state index contributed by atoms with van der Waals surface area (Å²) < 4.78 is 1.67. The average Bonchev–Trinajstić information content (AvgIpc) is 3.27. The van der Waals surface area contributed by atoms with Crippen LogP contribution in [-0.2, 0) is 11.3 Å². The van der Waals surface area contributed by atoms with Gasteiger partial charge in [-0.2, -0.15) is 0 Å². The lowest BCUT2D eigenvalue weighted by atomic mass is 10.1. The van der Waals surface area contributed by atoms with Crippen molar-refractivity contribution in [3.05, 3.63) is 42.0 Å². The highest BCUT2D eigenvalue weighted by molar-refractivity contribution is 5.80. The Kier molecular flexibility index (Phi) is 3.33. The summed E-state index contributed by atoms with van der Waals surface area (Å²) in [4.78, 5) is 22.1. The lowest BCUT2D eigenvalue weighted by molar-refractivity contribution is -0.130. The number of amides is 1. The molecule has 7 heteroatoms. The van der Waals surface area contributed by atoms with Gasteiger partial charge in [-0.15, -0.1) is 5.10 Å². The van der Waals surface area contributed by atoms with Crippen molar-refractivity contribution in [1.82, 2.24) is 29.9 Å². The highest BCUT2D eigenvalue weighted by Gasteiger charge is 2.29. The molecule has 0 aliphatic carbocycles. The molecule has 7 nitrogen and oxygen atoms in total. The van der Waals surface area contributed by atoms with Gasteiger partial charge >= 0.3 is 0 Å². The molecule has 1 aliphatic heterocycles. The summed E-state index contributed by atoms with van der Waals surface area (Å²) in [5.74, 6) is 1.34. The Labute approximate surface area is 133 Å². The second-order valence-electron chi connectivity index (χ2n) is 6.01. The number of likely N-dealkylation sites (tertiary alicyclic amines) is 1. The van der Waals surface area contributed by atoms with E-state index in [1.807, 2.05) is 42.3 Å². The predicted molar refractivity (Wildman–Crippen MR) is 84.8 cm³/mol. The first kappa shape index (κ1) is 13.9. The number of H-pyrrole nitrogens is 1. The van der Waals surface area contributed by atoms with E-state index in [0.29, 0.717) is 12.5 Å². The van der Waals surface area contributed by atoms with Gasteiger partial charge in [0.2, 0.25) is 5.91 Å². The number of aromatic amines is 1. The van der Waals surface area contributed by atoms with E-state index in [2.05, 4.69) is 20.3 Å². The molecule has 1 saturated heterocycles. The number of carbonyl (C=O) groups is 1. The summed E-state index contributed by atoms with van der Waals surface area (Å²) in [6.45, 7) is 3.68. The van der Waals surface area contributed by atoms with Gasteiger partial charge in [-0.05, 0) is 25.5 Å². The van der Waals surface area contributed by atoms with Crippen molar-refractivity contribution in [2.45, 2.75) is 25.8 Å². The largest absolute Gasteiger partial charge is 0.346 e. The number of imidazole rings is 1. The van der Waals surface area contributed by atoms with Crippen LogP contribution in [0.4, 0.5) is 0 Å². The molecule has 0 bridgehead atoms. The minimum absolute atomic E-state index is 0.0754. The first-order chi connectivity index (χ1) is 11.2. The summed E-state index contributed by atoms with van der Waals surface area (Å²) in [5.41, 5.74) is 2.75. The van der Waals surface area contributed by atoms with Crippen LogP contribution in [0.15, 0.2) is 30.5 Å². The summed E-state index contributed by atoms with van der Waals surface area (Å²) in [5, 5.41) is 8.18. The second-order valence-corrected chi connectivity index (χ2v) is 6.01. The lowest BCUT2D eigenvalue weighted by Crippen LogP contribution is -2.32. The fraction of sp³-hybridized carbons (Fsp3) is 0.375. The number of rotatable bonds is 3. The maximum Gasteiger partial charge on any atom is 0.244 e. The molecule has 1 amide bonds. The summed E-state index contributed by atoms with van der Waals surface area (Å²) in [7, 11) is 0. The molecule has 2 aromatic heterocycles. The van der Waals surface area contributed by atoms with Crippen LogP contribution >= 0.6 is 0 Å². The van der Waals surface area contributed by atoms with Crippen molar-refractivity contribution in [3.8, 4) is 0 Å². The van der Waals surface area contributed by atoms with Crippen LogP contribution in [0.3, 0.4) is 0 Å². The first-order valence-corrected chi connectivity index (χ1v) is 7.78. The summed E-state index contributed by atoms with van der Waals surface area (Å²) in [6.07, 6.45) is 2.78. The van der Waals surface area contributed by atoms with Gasteiger partial charge in [0, 0.05) is 30.9 Å². The third kappa shape index (κ3) is 2.58. The number of nitrogens with zero attached hydrogens (tertiary/aromatic N) is 5. The van der Waals surface area contributed by atoms with Crippen LogP contribution in [0, 0.1) is 6.92 Å². The van der Waals surface area contributed by atoms with Gasteiger partial charge in [0.1, 0.15) is 17.9 Å². The zero-order valence-corrected chi connectivity index (χ0v) is 12.9. The molecule has 3 aromatic rings. The van der Waals surface area contributed by atoms with Crippen LogP contribution in [0.1, 0.15) is 23.9 Å². The minimum Gasteiger partial charge on any atom is -0.346 e. The van der Waals surface area contributed by atoms with Gasteiger partial charge < -0.3 is 9.88 Å². The number of carbonyl (C=O) groups excluding carboxylic acids is 1. The monoisotopic (exact) mass is 310 g/mol. The number of hydrogen-bond donors (Lipinski definition) is 1. The molecule has 118 valence electrons. The third-order valence-electron chi connectivity index (χ3n) is 4.36. The summed E-state index contributed by atoms with van der Waals surface area (Å²) in [6, 6.07) is 7.67. The van der Waals surface area contributed by atoms with E-state index in [1.54, 1.807) is 4.68 Å². The van der Waals surface area contributed by atoms with Gasteiger partial charge in [0.15, 0.2) is 0 Å².